The number of aliphatic imine (C=N–C) groups is 1. The number of aryl methyl sites for hydroxylation is 2. The molecule has 2 aliphatic rings. The zero-order chi connectivity index (χ0) is 37.1. The van der Waals surface area contributed by atoms with E-state index in [9.17, 15) is 5.11 Å². The highest BCUT2D eigenvalue weighted by Crippen LogP contribution is 2.52. The van der Waals surface area contributed by atoms with Crippen LogP contribution < -0.4 is 9.64 Å². The molecule has 0 fully saturated rings. The Kier molecular flexibility index (Phi) is 8.80. The molecule has 0 saturated heterocycles. The molecule has 0 radical (unpaired) electrons. The van der Waals surface area contributed by atoms with Crippen molar-refractivity contribution in [2.24, 2.45) is 4.99 Å². The lowest BCUT2D eigenvalue weighted by Crippen LogP contribution is -2.34. The Bertz CT molecular complexity index is 2380. The second-order valence-corrected chi connectivity index (χ2v) is 15.7. The summed E-state index contributed by atoms with van der Waals surface area (Å²) in [5.41, 5.74) is 13.3. The standard InChI is InChI=1S/C47H48N4O2/c1-26(2)33-22-34(24-35(23-33)53-41-20-29(7)40-25-48-30(8)46(52)43(40)49-41)47-50-42-38-16-11-9-14-31(38)21-32-15-10-12-17-39(32)45(42)51(47)44-36(27(3)4)18-13-19-37(44)28(5)6/h9-20,22-28,42,45,52H,21H2,1-8H3/t42-,45-/m0/s1. The van der Waals surface area contributed by atoms with Crippen molar-refractivity contribution in [3.05, 3.63) is 153 Å². The summed E-state index contributed by atoms with van der Waals surface area (Å²) < 4.78 is 6.65. The average Bonchev–Trinajstić information content (AvgIpc) is 3.47. The summed E-state index contributed by atoms with van der Waals surface area (Å²) in [4.78, 5) is 17.5. The average molecular weight is 701 g/mol. The number of rotatable bonds is 7. The normalized spacial score (nSPS) is 16.5. The highest BCUT2D eigenvalue weighted by Gasteiger charge is 2.44. The monoisotopic (exact) mass is 700 g/mol. The minimum Gasteiger partial charge on any atom is -0.504 e. The van der Waals surface area contributed by atoms with Crippen LogP contribution in [0.2, 0.25) is 0 Å². The SMILES string of the molecule is Cc1ncc2c(C)cc(Oc3cc(C4=N[C@H]5c6ccccc6Cc6ccccc6[C@@H]5N4c4c(C(C)C)cccc4C(C)C)cc(C(C)C)c3)nc2c1O. The van der Waals surface area contributed by atoms with Gasteiger partial charge >= 0.3 is 0 Å². The fourth-order valence-electron chi connectivity index (χ4n) is 8.21. The molecular formula is C47H48N4O2. The number of hydrogen-bond donors (Lipinski definition) is 1. The number of hydrogen-bond acceptors (Lipinski definition) is 6. The lowest BCUT2D eigenvalue weighted by molar-refractivity contribution is 0.456. The van der Waals surface area contributed by atoms with E-state index in [1.165, 1.54) is 39.1 Å². The Labute approximate surface area is 313 Å². The van der Waals surface area contributed by atoms with Gasteiger partial charge in [0.05, 0.1) is 17.4 Å². The van der Waals surface area contributed by atoms with Gasteiger partial charge in [-0.15, -0.1) is 0 Å². The van der Waals surface area contributed by atoms with Gasteiger partial charge in [-0.3, -0.25) is 9.98 Å². The van der Waals surface area contributed by atoms with Crippen LogP contribution in [0.25, 0.3) is 10.9 Å². The van der Waals surface area contributed by atoms with Gasteiger partial charge in [0.15, 0.2) is 5.75 Å². The van der Waals surface area contributed by atoms with Gasteiger partial charge in [-0.25, -0.2) is 4.98 Å². The van der Waals surface area contributed by atoms with Crippen molar-refractivity contribution in [1.29, 1.82) is 0 Å². The summed E-state index contributed by atoms with van der Waals surface area (Å²) in [6.07, 6.45) is 2.64. The molecule has 2 atom stereocenters. The molecule has 53 heavy (non-hydrogen) atoms. The van der Waals surface area contributed by atoms with Gasteiger partial charge in [0.1, 0.15) is 23.1 Å². The smallest absolute Gasteiger partial charge is 0.220 e. The van der Waals surface area contributed by atoms with Gasteiger partial charge in [-0.1, -0.05) is 108 Å². The molecule has 268 valence electrons. The molecule has 6 heteroatoms. The van der Waals surface area contributed by atoms with Gasteiger partial charge in [-0.05, 0) is 101 Å². The summed E-state index contributed by atoms with van der Waals surface area (Å²) in [6.45, 7) is 17.4. The van der Waals surface area contributed by atoms with Crippen LogP contribution in [0, 0.1) is 13.8 Å². The van der Waals surface area contributed by atoms with Crippen molar-refractivity contribution in [3.8, 4) is 17.4 Å². The number of fused-ring (bicyclic) bond motifs is 6. The van der Waals surface area contributed by atoms with E-state index in [4.69, 9.17) is 14.7 Å². The van der Waals surface area contributed by atoms with Crippen molar-refractivity contribution < 1.29 is 9.84 Å². The van der Waals surface area contributed by atoms with E-state index >= 15 is 0 Å². The molecule has 2 aromatic heterocycles. The summed E-state index contributed by atoms with van der Waals surface area (Å²) in [5.74, 6) is 2.96. The first-order valence-electron chi connectivity index (χ1n) is 18.9. The summed E-state index contributed by atoms with van der Waals surface area (Å²) in [7, 11) is 0. The lowest BCUT2D eigenvalue weighted by atomic mass is 9.88. The van der Waals surface area contributed by atoms with E-state index in [0.717, 1.165) is 34.3 Å². The molecule has 3 heterocycles. The number of pyridine rings is 2. The van der Waals surface area contributed by atoms with Crippen molar-refractivity contribution in [2.45, 2.75) is 91.6 Å². The lowest BCUT2D eigenvalue weighted by Gasteiger charge is -2.36. The maximum absolute atomic E-state index is 10.9. The van der Waals surface area contributed by atoms with Crippen LogP contribution >= 0.6 is 0 Å². The van der Waals surface area contributed by atoms with Gasteiger partial charge in [0.2, 0.25) is 5.88 Å². The Morgan fingerprint density at radius 1 is 0.755 bits per heavy atom. The quantitative estimate of drug-likeness (QED) is 0.179. The number of anilines is 1. The Hall–Kier alpha value is -5.49. The predicted molar refractivity (Wildman–Crippen MR) is 216 cm³/mol. The van der Waals surface area contributed by atoms with Gasteiger partial charge < -0.3 is 14.7 Å². The third kappa shape index (κ3) is 6.04. The van der Waals surface area contributed by atoms with Crippen LogP contribution in [-0.4, -0.2) is 20.9 Å². The van der Waals surface area contributed by atoms with Crippen molar-refractivity contribution >= 4 is 22.4 Å². The Morgan fingerprint density at radius 3 is 2.09 bits per heavy atom. The third-order valence-electron chi connectivity index (χ3n) is 11.1. The van der Waals surface area contributed by atoms with Crippen molar-refractivity contribution in [3.63, 3.8) is 0 Å². The van der Waals surface area contributed by atoms with Crippen LogP contribution in [0.1, 0.15) is 127 Å². The highest BCUT2D eigenvalue weighted by atomic mass is 16.5. The largest absolute Gasteiger partial charge is 0.504 e. The second-order valence-electron chi connectivity index (χ2n) is 15.7. The first-order chi connectivity index (χ1) is 25.5. The van der Waals surface area contributed by atoms with Gasteiger partial charge in [0.25, 0.3) is 0 Å². The first kappa shape index (κ1) is 34.6. The number of aromatic nitrogens is 2. The number of amidine groups is 1. The number of aromatic hydroxyl groups is 1. The molecule has 8 rings (SSSR count). The highest BCUT2D eigenvalue weighted by molar-refractivity contribution is 6.13. The molecular weight excluding hydrogens is 653 g/mol. The van der Waals surface area contributed by atoms with Gasteiger partial charge in [-0.2, -0.15) is 0 Å². The van der Waals surface area contributed by atoms with E-state index in [0.29, 0.717) is 34.7 Å². The molecule has 6 nitrogen and oxygen atoms in total. The summed E-state index contributed by atoms with van der Waals surface area (Å²) >= 11 is 0. The number of benzene rings is 4. The summed E-state index contributed by atoms with van der Waals surface area (Å²) in [5, 5.41) is 11.7. The summed E-state index contributed by atoms with van der Waals surface area (Å²) in [6, 6.07) is 32.9. The minimum atomic E-state index is -0.109. The molecule has 4 aromatic carbocycles. The van der Waals surface area contributed by atoms with Crippen LogP contribution in [-0.2, 0) is 6.42 Å². The molecule has 1 aliphatic heterocycles. The number of para-hydroxylation sites is 1. The zero-order valence-corrected chi connectivity index (χ0v) is 32.0. The van der Waals surface area contributed by atoms with Crippen molar-refractivity contribution in [1.82, 2.24) is 9.97 Å². The van der Waals surface area contributed by atoms with Crippen molar-refractivity contribution in [2.75, 3.05) is 4.90 Å². The van der Waals surface area contributed by atoms with E-state index in [1.807, 2.05) is 13.0 Å². The fraction of sp³-hybridized carbons (Fsp3) is 0.298. The number of ether oxygens (including phenoxy) is 1. The Balaban J connectivity index is 1.37. The molecule has 1 aliphatic carbocycles. The molecule has 0 saturated carbocycles. The fourth-order valence-corrected chi connectivity index (χ4v) is 8.21. The van der Waals surface area contributed by atoms with E-state index in [2.05, 4.69) is 136 Å². The van der Waals surface area contributed by atoms with Crippen LogP contribution in [0.5, 0.6) is 17.4 Å². The molecule has 6 aromatic rings. The second kappa shape index (κ2) is 13.5. The topological polar surface area (TPSA) is 70.8 Å². The third-order valence-corrected chi connectivity index (χ3v) is 11.1. The van der Waals surface area contributed by atoms with Crippen LogP contribution in [0.3, 0.4) is 0 Å². The Morgan fingerprint density at radius 2 is 1.42 bits per heavy atom. The first-order valence-corrected chi connectivity index (χ1v) is 18.9. The van der Waals surface area contributed by atoms with Crippen LogP contribution in [0.4, 0.5) is 5.69 Å². The molecule has 0 amide bonds. The van der Waals surface area contributed by atoms with Crippen LogP contribution in [0.15, 0.2) is 102 Å². The molecule has 0 bridgehead atoms. The minimum absolute atomic E-state index is 0.0426. The van der Waals surface area contributed by atoms with E-state index in [1.54, 1.807) is 13.1 Å². The maximum Gasteiger partial charge on any atom is 0.220 e. The zero-order valence-electron chi connectivity index (χ0n) is 32.0. The predicted octanol–water partition coefficient (Wildman–Crippen LogP) is 11.8. The molecule has 1 N–H and O–H groups in total. The van der Waals surface area contributed by atoms with Gasteiger partial charge in [0, 0.05) is 23.2 Å². The maximum atomic E-state index is 10.9. The molecule has 0 unspecified atom stereocenters. The van der Waals surface area contributed by atoms with E-state index in [-0.39, 0.29) is 23.8 Å². The number of nitrogens with zero attached hydrogens (tertiary/aromatic N) is 4. The molecule has 0 spiro atoms. The van der Waals surface area contributed by atoms with E-state index < -0.39 is 0 Å².